The first-order valence-corrected chi connectivity index (χ1v) is 6.32. The number of alkyl halides is 2. The Morgan fingerprint density at radius 3 is 2.32 bits per heavy atom. The monoisotopic (exact) mass is 261 g/mol. The van der Waals surface area contributed by atoms with Crippen LogP contribution in [0, 0.1) is 0 Å². The molecule has 0 radical (unpaired) electrons. The van der Waals surface area contributed by atoms with E-state index in [0.717, 1.165) is 5.56 Å². The summed E-state index contributed by atoms with van der Waals surface area (Å²) in [7, 11) is 0. The van der Waals surface area contributed by atoms with Crippen LogP contribution in [-0.2, 0) is 6.54 Å². The number of benzene rings is 2. The van der Waals surface area contributed by atoms with Crippen LogP contribution in [0.3, 0.4) is 0 Å². The molecule has 1 N–H and O–H groups in total. The van der Waals surface area contributed by atoms with Crippen LogP contribution in [0.15, 0.2) is 54.6 Å². The summed E-state index contributed by atoms with van der Waals surface area (Å²) in [5, 5.41) is 3.34. The van der Waals surface area contributed by atoms with Gasteiger partial charge in [-0.15, -0.1) is 0 Å². The average molecular weight is 261 g/mol. The van der Waals surface area contributed by atoms with Gasteiger partial charge in [-0.3, -0.25) is 0 Å². The Morgan fingerprint density at radius 1 is 0.947 bits per heavy atom. The van der Waals surface area contributed by atoms with Gasteiger partial charge in [-0.1, -0.05) is 48.5 Å². The largest absolute Gasteiger partial charge is 0.306 e. The summed E-state index contributed by atoms with van der Waals surface area (Å²) in [4.78, 5) is 0. The zero-order chi connectivity index (χ0) is 13.7. The Labute approximate surface area is 112 Å². The third-order valence-corrected chi connectivity index (χ3v) is 3.11. The number of hydrogen-bond acceptors (Lipinski definition) is 1. The van der Waals surface area contributed by atoms with E-state index in [-0.39, 0.29) is 11.6 Å². The highest BCUT2D eigenvalue weighted by Crippen LogP contribution is 2.20. The molecule has 2 aromatic carbocycles. The third kappa shape index (κ3) is 3.86. The molecule has 100 valence electrons. The smallest absolute Gasteiger partial charge is 0.263 e. The second kappa shape index (κ2) is 6.43. The Balaban J connectivity index is 1.97. The Hall–Kier alpha value is -1.74. The second-order valence-corrected chi connectivity index (χ2v) is 4.56. The van der Waals surface area contributed by atoms with E-state index in [4.69, 9.17) is 0 Å². The second-order valence-electron chi connectivity index (χ2n) is 4.56. The van der Waals surface area contributed by atoms with Gasteiger partial charge in [-0.25, -0.2) is 8.78 Å². The molecule has 2 rings (SSSR count). The first-order valence-electron chi connectivity index (χ1n) is 6.32. The summed E-state index contributed by atoms with van der Waals surface area (Å²) in [6.07, 6.45) is -2.41. The van der Waals surface area contributed by atoms with Crippen LogP contribution in [-0.4, -0.2) is 0 Å². The zero-order valence-electron chi connectivity index (χ0n) is 10.8. The molecule has 0 bridgehead atoms. The number of nitrogens with one attached hydrogen (secondary N) is 1. The molecule has 19 heavy (non-hydrogen) atoms. The van der Waals surface area contributed by atoms with Crippen molar-refractivity contribution in [3.8, 4) is 0 Å². The molecule has 0 aliphatic carbocycles. The molecule has 3 heteroatoms. The van der Waals surface area contributed by atoms with Crippen LogP contribution < -0.4 is 5.32 Å². The highest BCUT2D eigenvalue weighted by Gasteiger charge is 2.08. The molecule has 1 unspecified atom stereocenters. The molecule has 0 amide bonds. The average Bonchev–Trinajstić information content (AvgIpc) is 2.46. The lowest BCUT2D eigenvalue weighted by molar-refractivity contribution is 0.151. The lowest BCUT2D eigenvalue weighted by Gasteiger charge is -2.14. The van der Waals surface area contributed by atoms with E-state index in [2.05, 4.69) is 12.2 Å². The van der Waals surface area contributed by atoms with E-state index in [9.17, 15) is 8.78 Å². The molecule has 0 aromatic heterocycles. The zero-order valence-corrected chi connectivity index (χ0v) is 10.8. The van der Waals surface area contributed by atoms with Crippen molar-refractivity contribution in [2.45, 2.75) is 25.9 Å². The summed E-state index contributed by atoms with van der Waals surface area (Å²) >= 11 is 0. The van der Waals surface area contributed by atoms with E-state index in [1.54, 1.807) is 12.1 Å². The van der Waals surface area contributed by atoms with Crippen LogP contribution in [0.5, 0.6) is 0 Å². The molecule has 0 saturated heterocycles. The van der Waals surface area contributed by atoms with Gasteiger partial charge in [-0.2, -0.15) is 0 Å². The third-order valence-electron chi connectivity index (χ3n) is 3.11. The fourth-order valence-corrected chi connectivity index (χ4v) is 1.97. The molecule has 0 saturated carbocycles. The molecule has 0 aliphatic rings. The highest BCUT2D eigenvalue weighted by molar-refractivity contribution is 5.25. The fourth-order valence-electron chi connectivity index (χ4n) is 1.97. The van der Waals surface area contributed by atoms with Crippen molar-refractivity contribution in [1.82, 2.24) is 5.32 Å². The van der Waals surface area contributed by atoms with Crippen LogP contribution in [0.4, 0.5) is 8.78 Å². The molecule has 0 fully saturated rings. The summed E-state index contributed by atoms with van der Waals surface area (Å²) < 4.78 is 25.2. The number of halogens is 2. The standard InChI is InChI=1S/C16H17F2N/c1-12(14-7-3-2-4-8-14)19-11-13-6-5-9-15(10-13)16(17)18/h2-10,12,16,19H,11H2,1H3. The maximum Gasteiger partial charge on any atom is 0.263 e. The van der Waals surface area contributed by atoms with Gasteiger partial charge in [0.05, 0.1) is 0 Å². The predicted molar refractivity (Wildman–Crippen MR) is 73.1 cm³/mol. The molecule has 0 spiro atoms. The van der Waals surface area contributed by atoms with E-state index in [0.29, 0.717) is 6.54 Å². The van der Waals surface area contributed by atoms with Crippen LogP contribution in [0.2, 0.25) is 0 Å². The SMILES string of the molecule is CC(NCc1cccc(C(F)F)c1)c1ccccc1. The van der Waals surface area contributed by atoms with E-state index in [1.807, 2.05) is 36.4 Å². The summed E-state index contributed by atoms with van der Waals surface area (Å²) in [5.74, 6) is 0. The van der Waals surface area contributed by atoms with Gasteiger partial charge in [0, 0.05) is 18.2 Å². The minimum atomic E-state index is -2.41. The van der Waals surface area contributed by atoms with Crippen molar-refractivity contribution in [3.63, 3.8) is 0 Å². The van der Waals surface area contributed by atoms with Gasteiger partial charge in [0.25, 0.3) is 6.43 Å². The first-order chi connectivity index (χ1) is 9.16. The lowest BCUT2D eigenvalue weighted by atomic mass is 10.1. The summed E-state index contributed by atoms with van der Waals surface area (Å²) in [5.41, 5.74) is 2.14. The molecule has 0 aliphatic heterocycles. The van der Waals surface area contributed by atoms with Crippen molar-refractivity contribution in [1.29, 1.82) is 0 Å². The lowest BCUT2D eigenvalue weighted by Crippen LogP contribution is -2.18. The summed E-state index contributed by atoms with van der Waals surface area (Å²) in [6, 6.07) is 16.8. The molecule has 2 aromatic rings. The number of rotatable bonds is 5. The van der Waals surface area contributed by atoms with E-state index >= 15 is 0 Å². The topological polar surface area (TPSA) is 12.0 Å². The Kier molecular flexibility index (Phi) is 4.63. The molecular formula is C16H17F2N. The number of hydrogen-bond donors (Lipinski definition) is 1. The quantitative estimate of drug-likeness (QED) is 0.837. The van der Waals surface area contributed by atoms with Gasteiger partial charge in [0.2, 0.25) is 0 Å². The minimum absolute atomic E-state index is 0.0756. The Morgan fingerprint density at radius 2 is 1.63 bits per heavy atom. The van der Waals surface area contributed by atoms with Crippen LogP contribution >= 0.6 is 0 Å². The van der Waals surface area contributed by atoms with E-state index < -0.39 is 6.43 Å². The maximum absolute atomic E-state index is 12.6. The van der Waals surface area contributed by atoms with Crippen LogP contribution in [0.25, 0.3) is 0 Å². The normalized spacial score (nSPS) is 12.6. The first kappa shape index (κ1) is 13.7. The predicted octanol–water partition coefficient (Wildman–Crippen LogP) is 4.48. The van der Waals surface area contributed by atoms with Gasteiger partial charge < -0.3 is 5.32 Å². The van der Waals surface area contributed by atoms with Crippen molar-refractivity contribution in [2.75, 3.05) is 0 Å². The van der Waals surface area contributed by atoms with Crippen molar-refractivity contribution >= 4 is 0 Å². The van der Waals surface area contributed by atoms with E-state index in [1.165, 1.54) is 11.6 Å². The van der Waals surface area contributed by atoms with Gasteiger partial charge in [-0.05, 0) is 24.1 Å². The van der Waals surface area contributed by atoms with Crippen molar-refractivity contribution in [3.05, 3.63) is 71.3 Å². The van der Waals surface area contributed by atoms with Gasteiger partial charge in [0.1, 0.15) is 0 Å². The molecule has 1 nitrogen and oxygen atoms in total. The maximum atomic E-state index is 12.6. The van der Waals surface area contributed by atoms with Gasteiger partial charge in [0.15, 0.2) is 0 Å². The highest BCUT2D eigenvalue weighted by atomic mass is 19.3. The van der Waals surface area contributed by atoms with Crippen molar-refractivity contribution < 1.29 is 8.78 Å². The van der Waals surface area contributed by atoms with Gasteiger partial charge >= 0.3 is 0 Å². The summed E-state index contributed by atoms with van der Waals surface area (Å²) in [6.45, 7) is 2.64. The molecular weight excluding hydrogens is 244 g/mol. The molecule has 1 atom stereocenters. The molecule has 0 heterocycles. The minimum Gasteiger partial charge on any atom is -0.306 e. The fraction of sp³-hybridized carbons (Fsp3) is 0.250. The Bertz CT molecular complexity index is 511. The van der Waals surface area contributed by atoms with Crippen molar-refractivity contribution in [2.24, 2.45) is 0 Å². The van der Waals surface area contributed by atoms with Crippen LogP contribution in [0.1, 0.15) is 36.1 Å².